The standard InChI is InChI=1S/C11H20O3/c1-7(2)8(3)6-10(9(4)12)11(13)14-5/h9-10,12H,6H2,1-5H3. The number of rotatable bonds is 4. The maximum absolute atomic E-state index is 11.3. The number of hydrogen-bond acceptors (Lipinski definition) is 3. The molecule has 3 nitrogen and oxygen atoms in total. The van der Waals surface area contributed by atoms with Crippen LogP contribution in [0.2, 0.25) is 0 Å². The molecule has 0 radical (unpaired) electrons. The summed E-state index contributed by atoms with van der Waals surface area (Å²) in [4.78, 5) is 11.3. The van der Waals surface area contributed by atoms with Gasteiger partial charge in [-0.1, -0.05) is 11.1 Å². The number of carbonyl (C=O) groups excluding carboxylic acids is 1. The molecule has 0 aromatic carbocycles. The van der Waals surface area contributed by atoms with Gasteiger partial charge >= 0.3 is 5.97 Å². The monoisotopic (exact) mass is 200 g/mol. The Labute approximate surface area is 85.8 Å². The number of allylic oxidation sites excluding steroid dienone is 2. The number of aliphatic hydroxyl groups excluding tert-OH is 1. The van der Waals surface area contributed by atoms with Crippen LogP contribution in [0.15, 0.2) is 11.1 Å². The lowest BCUT2D eigenvalue weighted by Gasteiger charge is -2.18. The molecule has 0 fully saturated rings. The van der Waals surface area contributed by atoms with Gasteiger partial charge in [-0.3, -0.25) is 4.79 Å². The maximum atomic E-state index is 11.3. The lowest BCUT2D eigenvalue weighted by molar-refractivity contribution is -0.148. The molecule has 1 N–H and O–H groups in total. The highest BCUT2D eigenvalue weighted by Gasteiger charge is 2.24. The number of methoxy groups -OCH3 is 1. The average molecular weight is 200 g/mol. The van der Waals surface area contributed by atoms with Crippen LogP contribution in [0.4, 0.5) is 0 Å². The van der Waals surface area contributed by atoms with Gasteiger partial charge < -0.3 is 9.84 Å². The molecule has 2 atom stereocenters. The molecular weight excluding hydrogens is 180 g/mol. The highest BCUT2D eigenvalue weighted by atomic mass is 16.5. The quantitative estimate of drug-likeness (QED) is 0.557. The number of carbonyl (C=O) groups is 1. The first-order valence-electron chi connectivity index (χ1n) is 4.79. The maximum Gasteiger partial charge on any atom is 0.311 e. The minimum Gasteiger partial charge on any atom is -0.469 e. The molecule has 0 bridgehead atoms. The van der Waals surface area contributed by atoms with Crippen molar-refractivity contribution in [2.24, 2.45) is 5.92 Å². The Hall–Kier alpha value is -0.830. The summed E-state index contributed by atoms with van der Waals surface area (Å²) in [6, 6.07) is 0. The summed E-state index contributed by atoms with van der Waals surface area (Å²) in [5.41, 5.74) is 2.31. The van der Waals surface area contributed by atoms with Gasteiger partial charge in [0.05, 0.1) is 19.1 Å². The van der Waals surface area contributed by atoms with Gasteiger partial charge in [0.1, 0.15) is 0 Å². The minimum atomic E-state index is -0.670. The van der Waals surface area contributed by atoms with Gasteiger partial charge in [0.2, 0.25) is 0 Å². The molecule has 0 saturated carbocycles. The molecule has 0 saturated heterocycles. The minimum absolute atomic E-state index is 0.347. The van der Waals surface area contributed by atoms with E-state index in [1.165, 1.54) is 12.7 Å². The van der Waals surface area contributed by atoms with E-state index in [1.54, 1.807) is 6.92 Å². The molecule has 0 aliphatic heterocycles. The summed E-state index contributed by atoms with van der Waals surface area (Å²) in [7, 11) is 1.34. The highest BCUT2D eigenvalue weighted by Crippen LogP contribution is 2.19. The van der Waals surface area contributed by atoms with Crippen molar-refractivity contribution in [2.75, 3.05) is 7.11 Å². The highest BCUT2D eigenvalue weighted by molar-refractivity contribution is 5.73. The van der Waals surface area contributed by atoms with Crippen molar-refractivity contribution in [2.45, 2.75) is 40.2 Å². The van der Waals surface area contributed by atoms with Crippen LogP contribution >= 0.6 is 0 Å². The third-order valence-electron chi connectivity index (χ3n) is 2.47. The number of esters is 1. The Morgan fingerprint density at radius 3 is 2.14 bits per heavy atom. The number of ether oxygens (including phenoxy) is 1. The van der Waals surface area contributed by atoms with Crippen LogP contribution < -0.4 is 0 Å². The molecule has 0 aromatic rings. The fraction of sp³-hybridized carbons (Fsp3) is 0.727. The van der Waals surface area contributed by atoms with Crippen LogP contribution in [0.5, 0.6) is 0 Å². The van der Waals surface area contributed by atoms with Crippen LogP contribution in [-0.2, 0) is 9.53 Å². The second-order valence-electron chi connectivity index (χ2n) is 3.85. The smallest absolute Gasteiger partial charge is 0.311 e. The van der Waals surface area contributed by atoms with Gasteiger partial charge in [-0.15, -0.1) is 0 Å². The van der Waals surface area contributed by atoms with Crippen molar-refractivity contribution in [3.8, 4) is 0 Å². The zero-order valence-corrected chi connectivity index (χ0v) is 9.63. The lowest BCUT2D eigenvalue weighted by atomic mass is 9.93. The Bertz CT molecular complexity index is 225. The van der Waals surface area contributed by atoms with E-state index in [0.29, 0.717) is 6.42 Å². The largest absolute Gasteiger partial charge is 0.469 e. The van der Waals surface area contributed by atoms with Crippen LogP contribution in [0, 0.1) is 5.92 Å². The van der Waals surface area contributed by atoms with Crippen LogP contribution in [-0.4, -0.2) is 24.3 Å². The van der Waals surface area contributed by atoms with E-state index in [-0.39, 0.29) is 5.97 Å². The van der Waals surface area contributed by atoms with Crippen molar-refractivity contribution in [3.63, 3.8) is 0 Å². The van der Waals surface area contributed by atoms with E-state index in [0.717, 1.165) is 5.57 Å². The number of aliphatic hydroxyl groups is 1. The molecule has 0 amide bonds. The van der Waals surface area contributed by atoms with Crippen LogP contribution in [0.1, 0.15) is 34.1 Å². The molecule has 0 heterocycles. The molecule has 14 heavy (non-hydrogen) atoms. The Kier molecular flexibility index (Phi) is 5.46. The van der Waals surface area contributed by atoms with Crippen LogP contribution in [0.3, 0.4) is 0 Å². The SMILES string of the molecule is COC(=O)C(CC(C)=C(C)C)C(C)O. The van der Waals surface area contributed by atoms with E-state index in [1.807, 2.05) is 20.8 Å². The van der Waals surface area contributed by atoms with Gasteiger partial charge in [-0.2, -0.15) is 0 Å². The first-order valence-corrected chi connectivity index (χ1v) is 4.79. The van der Waals surface area contributed by atoms with Gasteiger partial charge in [0.15, 0.2) is 0 Å². The molecule has 0 aliphatic carbocycles. The molecule has 0 rings (SSSR count). The average Bonchev–Trinajstić information content (AvgIpc) is 2.11. The Morgan fingerprint density at radius 2 is 1.86 bits per heavy atom. The Balaban J connectivity index is 4.55. The number of hydrogen-bond donors (Lipinski definition) is 1. The predicted molar refractivity (Wildman–Crippen MR) is 55.9 cm³/mol. The topological polar surface area (TPSA) is 46.5 Å². The molecule has 0 aromatic heterocycles. The Morgan fingerprint density at radius 1 is 1.36 bits per heavy atom. The normalized spacial score (nSPS) is 14.4. The molecule has 0 aliphatic rings. The molecule has 3 heteroatoms. The zero-order valence-electron chi connectivity index (χ0n) is 9.63. The van der Waals surface area contributed by atoms with Crippen molar-refractivity contribution >= 4 is 5.97 Å². The second-order valence-corrected chi connectivity index (χ2v) is 3.85. The predicted octanol–water partition coefficient (Wildman–Crippen LogP) is 1.90. The summed E-state index contributed by atoms with van der Waals surface area (Å²) >= 11 is 0. The van der Waals surface area contributed by atoms with Gasteiger partial charge in [-0.05, 0) is 34.1 Å². The summed E-state index contributed by atoms with van der Waals surface area (Å²) in [5.74, 6) is -0.796. The van der Waals surface area contributed by atoms with E-state index in [9.17, 15) is 9.90 Å². The molecule has 82 valence electrons. The molecule has 2 unspecified atom stereocenters. The van der Waals surface area contributed by atoms with Crippen molar-refractivity contribution in [1.29, 1.82) is 0 Å². The van der Waals surface area contributed by atoms with E-state index in [4.69, 9.17) is 0 Å². The summed E-state index contributed by atoms with van der Waals surface area (Å²) < 4.78 is 4.63. The van der Waals surface area contributed by atoms with Gasteiger partial charge in [0, 0.05) is 0 Å². The molecular formula is C11H20O3. The van der Waals surface area contributed by atoms with E-state index in [2.05, 4.69) is 4.74 Å². The van der Waals surface area contributed by atoms with Crippen molar-refractivity contribution in [1.82, 2.24) is 0 Å². The first kappa shape index (κ1) is 13.2. The molecule has 0 spiro atoms. The van der Waals surface area contributed by atoms with Gasteiger partial charge in [-0.25, -0.2) is 0 Å². The van der Waals surface area contributed by atoms with Crippen molar-refractivity contribution < 1.29 is 14.6 Å². The van der Waals surface area contributed by atoms with Crippen molar-refractivity contribution in [3.05, 3.63) is 11.1 Å². The first-order chi connectivity index (χ1) is 6.40. The summed E-state index contributed by atoms with van der Waals surface area (Å²) in [6.07, 6.45) is -0.107. The second kappa shape index (κ2) is 5.81. The fourth-order valence-electron chi connectivity index (χ4n) is 1.14. The summed E-state index contributed by atoms with van der Waals surface area (Å²) in [6.45, 7) is 7.56. The van der Waals surface area contributed by atoms with Gasteiger partial charge in [0.25, 0.3) is 0 Å². The van der Waals surface area contributed by atoms with E-state index < -0.39 is 12.0 Å². The third-order valence-corrected chi connectivity index (χ3v) is 2.47. The lowest BCUT2D eigenvalue weighted by Crippen LogP contribution is -2.27. The zero-order chi connectivity index (χ0) is 11.3. The fourth-order valence-corrected chi connectivity index (χ4v) is 1.14. The van der Waals surface area contributed by atoms with Crippen LogP contribution in [0.25, 0.3) is 0 Å². The van der Waals surface area contributed by atoms with E-state index >= 15 is 0 Å². The third kappa shape index (κ3) is 3.92. The summed E-state index contributed by atoms with van der Waals surface area (Å²) in [5, 5.41) is 9.42.